The predicted octanol–water partition coefficient (Wildman–Crippen LogP) is 5.53. The van der Waals surface area contributed by atoms with Crippen molar-refractivity contribution in [2.45, 2.75) is 33.8 Å². The van der Waals surface area contributed by atoms with Crippen LogP contribution in [-0.2, 0) is 9.59 Å². The highest BCUT2D eigenvalue weighted by Gasteiger charge is 2.36. The lowest BCUT2D eigenvalue weighted by atomic mass is 10.1. The van der Waals surface area contributed by atoms with Crippen LogP contribution in [0.3, 0.4) is 0 Å². The first-order chi connectivity index (χ1) is 14.6. The number of hydrogen-bond acceptors (Lipinski definition) is 5. The van der Waals surface area contributed by atoms with Crippen LogP contribution < -0.4 is 10.1 Å². The van der Waals surface area contributed by atoms with E-state index in [1.165, 1.54) is 0 Å². The lowest BCUT2D eigenvalue weighted by molar-refractivity contribution is -0.127. The number of nitrogens with zero attached hydrogens (tertiary/aromatic N) is 1. The second-order valence-electron chi connectivity index (χ2n) is 7.49. The molecule has 0 atom stereocenters. The third-order valence-electron chi connectivity index (χ3n) is 4.45. The zero-order valence-corrected chi connectivity index (χ0v) is 20.1. The Morgan fingerprint density at radius 3 is 2.58 bits per heavy atom. The van der Waals surface area contributed by atoms with Gasteiger partial charge in [-0.05, 0) is 90.8 Å². The maximum absolute atomic E-state index is 12.7. The summed E-state index contributed by atoms with van der Waals surface area (Å²) in [7, 11) is 0. The number of aryl methyl sites for hydroxylation is 2. The van der Waals surface area contributed by atoms with Gasteiger partial charge in [0.25, 0.3) is 11.1 Å². The summed E-state index contributed by atoms with van der Waals surface area (Å²) in [6.07, 6.45) is 1.67. The molecule has 1 saturated heterocycles. The molecular formula is C23H23BrN2O4S. The van der Waals surface area contributed by atoms with Gasteiger partial charge in [0.1, 0.15) is 12.3 Å². The van der Waals surface area contributed by atoms with E-state index in [0.717, 1.165) is 37.8 Å². The number of amides is 3. The van der Waals surface area contributed by atoms with Crippen molar-refractivity contribution >= 4 is 56.5 Å². The van der Waals surface area contributed by atoms with Crippen molar-refractivity contribution < 1.29 is 19.1 Å². The van der Waals surface area contributed by atoms with Gasteiger partial charge >= 0.3 is 0 Å². The maximum Gasteiger partial charge on any atom is 0.294 e. The van der Waals surface area contributed by atoms with Crippen LogP contribution in [0.1, 0.15) is 30.5 Å². The molecule has 1 heterocycles. The van der Waals surface area contributed by atoms with Gasteiger partial charge < -0.3 is 10.1 Å². The van der Waals surface area contributed by atoms with Gasteiger partial charge in [0, 0.05) is 5.69 Å². The molecule has 0 radical (unpaired) electrons. The van der Waals surface area contributed by atoms with Crippen LogP contribution in [0.2, 0.25) is 0 Å². The minimum atomic E-state index is -0.482. The standard InChI is InChI=1S/C23H23BrN2O4S/c1-13(2)30-19-8-6-16(10-17(19)24)11-20-22(28)26(23(29)31-20)12-21(27)25-18-7-5-14(3)9-15(18)4/h5-11,13H,12H2,1-4H3,(H,25,27)/b20-11-. The Balaban J connectivity index is 1.70. The van der Waals surface area contributed by atoms with Crippen molar-refractivity contribution in [3.8, 4) is 5.75 Å². The highest BCUT2D eigenvalue weighted by atomic mass is 79.9. The third-order valence-corrected chi connectivity index (χ3v) is 5.97. The first kappa shape index (κ1) is 23.1. The van der Waals surface area contributed by atoms with E-state index in [2.05, 4.69) is 21.2 Å². The fraction of sp³-hybridized carbons (Fsp3) is 0.261. The number of halogens is 1. The van der Waals surface area contributed by atoms with E-state index in [-0.39, 0.29) is 17.6 Å². The Morgan fingerprint density at radius 1 is 1.19 bits per heavy atom. The van der Waals surface area contributed by atoms with Gasteiger partial charge in [0.05, 0.1) is 15.5 Å². The van der Waals surface area contributed by atoms with Crippen LogP contribution in [0.15, 0.2) is 45.8 Å². The zero-order chi connectivity index (χ0) is 22.7. The van der Waals surface area contributed by atoms with E-state index in [1.54, 1.807) is 18.2 Å². The number of benzene rings is 2. The number of carbonyl (C=O) groups excluding carboxylic acids is 3. The van der Waals surface area contributed by atoms with Crippen LogP contribution >= 0.6 is 27.7 Å². The lowest BCUT2D eigenvalue weighted by Crippen LogP contribution is -2.36. The first-order valence-corrected chi connectivity index (χ1v) is 11.3. The van der Waals surface area contributed by atoms with Crippen LogP contribution in [0.25, 0.3) is 6.08 Å². The number of rotatable bonds is 6. The number of nitrogens with one attached hydrogen (secondary N) is 1. The summed E-state index contributed by atoms with van der Waals surface area (Å²) >= 11 is 4.28. The number of hydrogen-bond donors (Lipinski definition) is 1. The normalized spacial score (nSPS) is 15.2. The van der Waals surface area contributed by atoms with E-state index in [1.807, 2.05) is 52.0 Å². The summed E-state index contributed by atoms with van der Waals surface area (Å²) in [5, 5.41) is 2.30. The number of thioether (sulfide) groups is 1. The molecule has 31 heavy (non-hydrogen) atoms. The molecule has 162 valence electrons. The largest absolute Gasteiger partial charge is 0.490 e. The van der Waals surface area contributed by atoms with Crippen molar-refractivity contribution in [3.63, 3.8) is 0 Å². The highest BCUT2D eigenvalue weighted by molar-refractivity contribution is 9.10. The molecule has 3 amide bonds. The van der Waals surface area contributed by atoms with Gasteiger partial charge in [0.2, 0.25) is 5.91 Å². The van der Waals surface area contributed by atoms with Crippen molar-refractivity contribution in [2.75, 3.05) is 11.9 Å². The van der Waals surface area contributed by atoms with Gasteiger partial charge in [-0.3, -0.25) is 19.3 Å². The summed E-state index contributed by atoms with van der Waals surface area (Å²) in [5.74, 6) is -0.207. The Bertz CT molecular complexity index is 1080. The molecule has 0 aromatic heterocycles. The number of imide groups is 1. The molecule has 1 aliphatic heterocycles. The fourth-order valence-corrected chi connectivity index (χ4v) is 4.36. The van der Waals surface area contributed by atoms with E-state index < -0.39 is 17.1 Å². The maximum atomic E-state index is 12.7. The van der Waals surface area contributed by atoms with Gasteiger partial charge in [-0.15, -0.1) is 0 Å². The molecule has 0 aliphatic carbocycles. The molecule has 2 aromatic rings. The van der Waals surface area contributed by atoms with Crippen molar-refractivity contribution in [3.05, 3.63) is 62.5 Å². The zero-order valence-electron chi connectivity index (χ0n) is 17.7. The van der Waals surface area contributed by atoms with E-state index in [4.69, 9.17) is 4.74 Å². The summed E-state index contributed by atoms with van der Waals surface area (Å²) in [6.45, 7) is 7.40. The van der Waals surface area contributed by atoms with E-state index in [0.29, 0.717) is 11.4 Å². The lowest BCUT2D eigenvalue weighted by Gasteiger charge is -2.14. The van der Waals surface area contributed by atoms with Gasteiger partial charge in [-0.1, -0.05) is 23.8 Å². The molecule has 1 N–H and O–H groups in total. The molecule has 3 rings (SSSR count). The Labute approximate surface area is 194 Å². The van der Waals surface area contributed by atoms with Crippen molar-refractivity contribution in [1.29, 1.82) is 0 Å². The Morgan fingerprint density at radius 2 is 1.94 bits per heavy atom. The molecule has 0 spiro atoms. The van der Waals surface area contributed by atoms with Gasteiger partial charge in [-0.2, -0.15) is 0 Å². The smallest absolute Gasteiger partial charge is 0.294 e. The number of ether oxygens (including phenoxy) is 1. The van der Waals surface area contributed by atoms with Crippen LogP contribution in [0.4, 0.5) is 10.5 Å². The summed E-state index contributed by atoms with van der Waals surface area (Å²) in [4.78, 5) is 38.7. The minimum absolute atomic E-state index is 0.0356. The molecule has 1 fully saturated rings. The molecular weight excluding hydrogens is 480 g/mol. The average molecular weight is 503 g/mol. The average Bonchev–Trinajstić information content (AvgIpc) is 2.93. The van der Waals surface area contributed by atoms with E-state index in [9.17, 15) is 14.4 Å². The third kappa shape index (κ3) is 5.77. The van der Waals surface area contributed by atoms with Gasteiger partial charge in [-0.25, -0.2) is 0 Å². The Hall–Kier alpha value is -2.58. The molecule has 0 unspecified atom stereocenters. The quantitative estimate of drug-likeness (QED) is 0.525. The molecule has 0 bridgehead atoms. The number of carbonyl (C=O) groups is 3. The molecule has 0 saturated carbocycles. The predicted molar refractivity (Wildman–Crippen MR) is 127 cm³/mol. The SMILES string of the molecule is Cc1ccc(NC(=O)CN2C(=O)S/C(=C\c3ccc(OC(C)C)c(Br)c3)C2=O)c(C)c1. The fourth-order valence-electron chi connectivity index (χ4n) is 3.03. The summed E-state index contributed by atoms with van der Waals surface area (Å²) < 4.78 is 6.44. The van der Waals surface area contributed by atoms with Crippen LogP contribution in [0, 0.1) is 13.8 Å². The summed E-state index contributed by atoms with van der Waals surface area (Å²) in [5.41, 5.74) is 3.40. The molecule has 2 aromatic carbocycles. The van der Waals surface area contributed by atoms with Crippen LogP contribution in [-0.4, -0.2) is 34.6 Å². The molecule has 1 aliphatic rings. The van der Waals surface area contributed by atoms with Crippen LogP contribution in [0.5, 0.6) is 5.75 Å². The topological polar surface area (TPSA) is 75.7 Å². The molecule has 6 nitrogen and oxygen atoms in total. The molecule has 8 heteroatoms. The second kappa shape index (κ2) is 9.70. The first-order valence-electron chi connectivity index (χ1n) is 9.72. The van der Waals surface area contributed by atoms with Crippen molar-refractivity contribution in [2.24, 2.45) is 0 Å². The Kier molecular flexibility index (Phi) is 7.23. The second-order valence-corrected chi connectivity index (χ2v) is 9.34. The highest BCUT2D eigenvalue weighted by Crippen LogP contribution is 2.34. The monoisotopic (exact) mass is 502 g/mol. The minimum Gasteiger partial charge on any atom is -0.490 e. The van der Waals surface area contributed by atoms with Gasteiger partial charge in [0.15, 0.2) is 0 Å². The summed E-state index contributed by atoms with van der Waals surface area (Å²) in [6, 6.07) is 11.1. The van der Waals surface area contributed by atoms with Crippen molar-refractivity contribution in [1.82, 2.24) is 4.90 Å². The van der Waals surface area contributed by atoms with E-state index >= 15 is 0 Å². The number of anilines is 1.